The van der Waals surface area contributed by atoms with E-state index in [1.54, 1.807) is 6.92 Å². The number of amides is 1. The summed E-state index contributed by atoms with van der Waals surface area (Å²) >= 11 is 0. The van der Waals surface area contributed by atoms with Gasteiger partial charge in [-0.3, -0.25) is 4.79 Å². The maximum Gasteiger partial charge on any atom is 0.219 e. The Morgan fingerprint density at radius 2 is 1.71 bits per heavy atom. The zero-order valence-corrected chi connectivity index (χ0v) is 14.8. The molecular weight excluding hydrogens is 258 g/mol. The fourth-order valence-corrected chi connectivity index (χ4v) is 2.82. The van der Waals surface area contributed by atoms with Crippen LogP contribution in [0.15, 0.2) is 30.3 Å². The molecule has 1 aliphatic heterocycles. The molecule has 0 aliphatic carbocycles. The van der Waals surface area contributed by atoms with Crippen LogP contribution in [0.3, 0.4) is 0 Å². The van der Waals surface area contributed by atoms with Gasteiger partial charge >= 0.3 is 0 Å². The highest BCUT2D eigenvalue weighted by molar-refractivity contribution is 5.73. The Morgan fingerprint density at radius 3 is 2.24 bits per heavy atom. The van der Waals surface area contributed by atoms with Gasteiger partial charge in [0.1, 0.15) is 0 Å². The van der Waals surface area contributed by atoms with Crippen LogP contribution in [0.4, 0.5) is 0 Å². The van der Waals surface area contributed by atoms with E-state index in [-0.39, 0.29) is 11.3 Å². The van der Waals surface area contributed by atoms with Gasteiger partial charge in [0.25, 0.3) is 0 Å². The summed E-state index contributed by atoms with van der Waals surface area (Å²) in [5.41, 5.74) is 1.62. The summed E-state index contributed by atoms with van der Waals surface area (Å²) in [6.45, 7) is 13.8. The molecule has 1 amide bonds. The first-order valence-corrected chi connectivity index (χ1v) is 8.39. The minimum absolute atomic E-state index is 0.212. The molecule has 2 rings (SSSR count). The Bertz CT molecular complexity index is 388. The summed E-state index contributed by atoms with van der Waals surface area (Å²) in [7, 11) is 0. The molecule has 1 fully saturated rings. The fourth-order valence-electron chi connectivity index (χ4n) is 2.82. The van der Waals surface area contributed by atoms with E-state index in [1.165, 1.54) is 12.0 Å². The van der Waals surface area contributed by atoms with Crippen molar-refractivity contribution < 1.29 is 4.79 Å². The smallest absolute Gasteiger partial charge is 0.219 e. The van der Waals surface area contributed by atoms with Crippen molar-refractivity contribution in [2.45, 2.75) is 60.8 Å². The van der Waals surface area contributed by atoms with Crippen LogP contribution in [-0.4, -0.2) is 23.9 Å². The molecule has 1 unspecified atom stereocenters. The Balaban J connectivity index is 0.000000921. The minimum atomic E-state index is 0.212. The van der Waals surface area contributed by atoms with Crippen LogP contribution in [0.5, 0.6) is 0 Å². The SMILES string of the molecule is CC.CC.CC(=O)N1CCCC(C)(Cc2ccccc2)C1. The maximum atomic E-state index is 11.5. The number of hydrogen-bond acceptors (Lipinski definition) is 1. The average molecular weight is 291 g/mol. The first-order valence-electron chi connectivity index (χ1n) is 8.39. The van der Waals surface area contributed by atoms with Crippen molar-refractivity contribution in [3.8, 4) is 0 Å². The van der Waals surface area contributed by atoms with Crippen LogP contribution < -0.4 is 0 Å². The lowest BCUT2D eigenvalue weighted by Gasteiger charge is -2.40. The van der Waals surface area contributed by atoms with Crippen LogP contribution in [-0.2, 0) is 11.2 Å². The van der Waals surface area contributed by atoms with Crippen molar-refractivity contribution >= 4 is 5.91 Å². The van der Waals surface area contributed by atoms with E-state index in [4.69, 9.17) is 0 Å². The molecule has 2 heteroatoms. The zero-order valence-electron chi connectivity index (χ0n) is 14.8. The van der Waals surface area contributed by atoms with E-state index in [9.17, 15) is 4.79 Å². The van der Waals surface area contributed by atoms with Crippen molar-refractivity contribution in [1.82, 2.24) is 4.90 Å². The first kappa shape index (κ1) is 19.7. The molecule has 0 radical (unpaired) electrons. The molecule has 1 aromatic carbocycles. The van der Waals surface area contributed by atoms with Gasteiger partial charge in [0, 0.05) is 20.0 Å². The van der Waals surface area contributed by atoms with Crippen molar-refractivity contribution in [2.75, 3.05) is 13.1 Å². The summed E-state index contributed by atoms with van der Waals surface area (Å²) in [5, 5.41) is 0. The molecule has 0 aromatic heterocycles. The molecule has 0 bridgehead atoms. The molecule has 120 valence electrons. The van der Waals surface area contributed by atoms with Gasteiger partial charge in [0.05, 0.1) is 0 Å². The second-order valence-electron chi connectivity index (χ2n) is 5.52. The molecule has 0 spiro atoms. The number of likely N-dealkylation sites (tertiary alicyclic amines) is 1. The van der Waals surface area contributed by atoms with E-state index in [0.717, 1.165) is 25.9 Å². The third-order valence-electron chi connectivity index (χ3n) is 3.70. The van der Waals surface area contributed by atoms with Gasteiger partial charge in [0.2, 0.25) is 5.91 Å². The summed E-state index contributed by atoms with van der Waals surface area (Å²) in [4.78, 5) is 13.5. The molecule has 1 saturated heterocycles. The van der Waals surface area contributed by atoms with Gasteiger partial charge < -0.3 is 4.90 Å². The first-order chi connectivity index (χ1) is 10.1. The van der Waals surface area contributed by atoms with Gasteiger partial charge in [-0.05, 0) is 30.2 Å². The Morgan fingerprint density at radius 1 is 1.14 bits per heavy atom. The van der Waals surface area contributed by atoms with Gasteiger partial charge in [-0.15, -0.1) is 0 Å². The minimum Gasteiger partial charge on any atom is -0.342 e. The lowest BCUT2D eigenvalue weighted by atomic mass is 9.77. The molecule has 1 aromatic rings. The number of hydrogen-bond donors (Lipinski definition) is 0. The summed E-state index contributed by atoms with van der Waals surface area (Å²) in [6, 6.07) is 10.6. The molecule has 0 N–H and O–H groups in total. The maximum absolute atomic E-state index is 11.5. The number of benzene rings is 1. The Kier molecular flexibility index (Phi) is 9.77. The molecule has 2 nitrogen and oxygen atoms in total. The summed E-state index contributed by atoms with van der Waals surface area (Å²) < 4.78 is 0. The second kappa shape index (κ2) is 10.4. The number of piperidine rings is 1. The lowest BCUT2D eigenvalue weighted by Crippen LogP contribution is -2.44. The topological polar surface area (TPSA) is 20.3 Å². The fraction of sp³-hybridized carbons (Fsp3) is 0.632. The average Bonchev–Trinajstić information content (AvgIpc) is 2.52. The lowest BCUT2D eigenvalue weighted by molar-refractivity contribution is -0.132. The summed E-state index contributed by atoms with van der Waals surface area (Å²) in [6.07, 6.45) is 3.41. The van der Waals surface area contributed by atoms with Gasteiger partial charge in [-0.25, -0.2) is 0 Å². The summed E-state index contributed by atoms with van der Waals surface area (Å²) in [5.74, 6) is 0.212. The van der Waals surface area contributed by atoms with Crippen LogP contribution in [0, 0.1) is 5.41 Å². The van der Waals surface area contributed by atoms with Crippen molar-refractivity contribution in [3.63, 3.8) is 0 Å². The molecule has 1 aliphatic rings. The molecule has 21 heavy (non-hydrogen) atoms. The highest BCUT2D eigenvalue weighted by Gasteiger charge is 2.31. The third-order valence-corrected chi connectivity index (χ3v) is 3.70. The van der Waals surface area contributed by atoms with E-state index in [0.29, 0.717) is 0 Å². The largest absolute Gasteiger partial charge is 0.342 e. The molecule has 0 saturated carbocycles. The van der Waals surface area contributed by atoms with Crippen LogP contribution in [0.25, 0.3) is 0 Å². The highest BCUT2D eigenvalue weighted by Crippen LogP contribution is 2.33. The number of rotatable bonds is 2. The van der Waals surface area contributed by atoms with Crippen molar-refractivity contribution in [3.05, 3.63) is 35.9 Å². The molecule has 1 heterocycles. The predicted octanol–water partition coefficient (Wildman–Crippen LogP) is 4.93. The van der Waals surface area contributed by atoms with E-state index < -0.39 is 0 Å². The van der Waals surface area contributed by atoms with Gasteiger partial charge in [0.15, 0.2) is 0 Å². The number of nitrogens with zero attached hydrogens (tertiary/aromatic N) is 1. The van der Waals surface area contributed by atoms with E-state index in [2.05, 4.69) is 37.3 Å². The number of carbonyl (C=O) groups excluding carboxylic acids is 1. The Hall–Kier alpha value is -1.31. The second-order valence-corrected chi connectivity index (χ2v) is 5.52. The number of carbonyl (C=O) groups is 1. The monoisotopic (exact) mass is 291 g/mol. The van der Waals surface area contributed by atoms with E-state index >= 15 is 0 Å². The van der Waals surface area contributed by atoms with Crippen molar-refractivity contribution in [1.29, 1.82) is 0 Å². The standard InChI is InChI=1S/C15H21NO.2C2H6/c1-13(17)16-10-6-9-15(2,12-16)11-14-7-4-3-5-8-14;2*1-2/h3-5,7-8H,6,9-12H2,1-2H3;2*1-2H3. The van der Waals surface area contributed by atoms with Crippen molar-refractivity contribution in [2.24, 2.45) is 5.41 Å². The zero-order chi connectivity index (χ0) is 16.3. The quantitative estimate of drug-likeness (QED) is 0.756. The highest BCUT2D eigenvalue weighted by atomic mass is 16.2. The molecule has 1 atom stereocenters. The predicted molar refractivity (Wildman–Crippen MR) is 92.4 cm³/mol. The Labute approximate surface area is 131 Å². The van der Waals surface area contributed by atoms with Gasteiger partial charge in [-0.1, -0.05) is 65.0 Å². The van der Waals surface area contributed by atoms with Crippen LogP contribution in [0.2, 0.25) is 0 Å². The normalized spacial score (nSPS) is 20.6. The van der Waals surface area contributed by atoms with E-state index in [1.807, 2.05) is 32.6 Å². The third kappa shape index (κ3) is 6.79. The van der Waals surface area contributed by atoms with Gasteiger partial charge in [-0.2, -0.15) is 0 Å². The van der Waals surface area contributed by atoms with Crippen LogP contribution in [0.1, 0.15) is 59.9 Å². The van der Waals surface area contributed by atoms with Crippen LogP contribution >= 0.6 is 0 Å². The molecular formula is C19H33NO.